The van der Waals surface area contributed by atoms with Crippen LogP contribution in [0.2, 0.25) is 0 Å². The van der Waals surface area contributed by atoms with Gasteiger partial charge in [0.25, 0.3) is 0 Å². The van der Waals surface area contributed by atoms with Crippen molar-refractivity contribution in [3.63, 3.8) is 0 Å². The Balaban J connectivity index is 2.26. The molecule has 1 heterocycles. The average molecular weight is 248 g/mol. The number of aromatic nitrogens is 2. The van der Waals surface area contributed by atoms with Gasteiger partial charge in [0.15, 0.2) is 0 Å². The van der Waals surface area contributed by atoms with E-state index >= 15 is 0 Å². The molecule has 4 nitrogen and oxygen atoms in total. The smallest absolute Gasteiger partial charge is 0.225 e. The maximum absolute atomic E-state index is 4.76. The van der Waals surface area contributed by atoms with Crippen molar-refractivity contribution in [3.8, 4) is 0 Å². The van der Waals surface area contributed by atoms with Crippen LogP contribution in [0.5, 0.6) is 0 Å². The van der Waals surface area contributed by atoms with E-state index in [4.69, 9.17) is 4.98 Å². The predicted molar refractivity (Wildman–Crippen MR) is 74.9 cm³/mol. The normalized spacial score (nSPS) is 18.5. The highest BCUT2D eigenvalue weighted by atomic mass is 15.2. The number of nitrogens with zero attached hydrogens (tertiary/aromatic N) is 3. The Morgan fingerprint density at radius 3 is 2.78 bits per heavy atom. The monoisotopic (exact) mass is 248 g/mol. The second-order valence-electron chi connectivity index (χ2n) is 4.75. The van der Waals surface area contributed by atoms with Gasteiger partial charge < -0.3 is 10.2 Å². The number of rotatable bonds is 5. The highest BCUT2D eigenvalue weighted by Crippen LogP contribution is 2.28. The first-order chi connectivity index (χ1) is 8.80. The first kappa shape index (κ1) is 13.3. The van der Waals surface area contributed by atoms with E-state index < -0.39 is 0 Å². The molecule has 0 amide bonds. The van der Waals surface area contributed by atoms with Crippen LogP contribution in [-0.2, 0) is 6.42 Å². The molecule has 1 aromatic rings. The van der Waals surface area contributed by atoms with E-state index in [1.165, 1.54) is 24.1 Å². The van der Waals surface area contributed by atoms with Gasteiger partial charge >= 0.3 is 0 Å². The van der Waals surface area contributed by atoms with Crippen LogP contribution in [0.15, 0.2) is 6.20 Å². The van der Waals surface area contributed by atoms with Gasteiger partial charge in [-0.2, -0.15) is 0 Å². The van der Waals surface area contributed by atoms with Crippen LogP contribution in [-0.4, -0.2) is 29.6 Å². The van der Waals surface area contributed by atoms with Crippen molar-refractivity contribution in [3.05, 3.63) is 17.5 Å². The van der Waals surface area contributed by atoms with Crippen molar-refractivity contribution in [2.45, 2.75) is 46.1 Å². The molecule has 18 heavy (non-hydrogen) atoms. The number of nitrogens with one attached hydrogen (secondary N) is 1. The van der Waals surface area contributed by atoms with Gasteiger partial charge in [-0.1, -0.05) is 6.92 Å². The number of fused-ring (bicyclic) bond motifs is 1. The maximum atomic E-state index is 4.76. The molecule has 1 unspecified atom stereocenters. The lowest BCUT2D eigenvalue weighted by molar-refractivity contribution is 0.464. The lowest BCUT2D eigenvalue weighted by Gasteiger charge is -2.27. The summed E-state index contributed by atoms with van der Waals surface area (Å²) < 4.78 is 0. The fourth-order valence-electron chi connectivity index (χ4n) is 2.65. The molecule has 100 valence electrons. The number of hydrogen-bond acceptors (Lipinski definition) is 4. The minimum absolute atomic E-state index is 0.449. The fraction of sp³-hybridized carbons (Fsp3) is 0.714. The number of anilines is 1. The zero-order valence-corrected chi connectivity index (χ0v) is 11.7. The van der Waals surface area contributed by atoms with Crippen molar-refractivity contribution in [1.29, 1.82) is 0 Å². The van der Waals surface area contributed by atoms with Gasteiger partial charge in [-0.15, -0.1) is 0 Å². The van der Waals surface area contributed by atoms with Gasteiger partial charge in [-0.05, 0) is 39.7 Å². The van der Waals surface area contributed by atoms with Gasteiger partial charge in [-0.25, -0.2) is 9.97 Å². The van der Waals surface area contributed by atoms with Gasteiger partial charge in [-0.3, -0.25) is 0 Å². The first-order valence-corrected chi connectivity index (χ1v) is 7.14. The molecule has 1 atom stereocenters. The Labute approximate surface area is 110 Å². The molecule has 0 aliphatic heterocycles. The molecule has 1 N–H and O–H groups in total. The van der Waals surface area contributed by atoms with E-state index in [1.807, 2.05) is 6.20 Å². The molecular formula is C14H24N4. The molecule has 0 fully saturated rings. The average Bonchev–Trinajstić information content (AvgIpc) is 2.40. The van der Waals surface area contributed by atoms with Crippen LogP contribution in [0.4, 0.5) is 5.95 Å². The molecule has 1 aliphatic rings. The Morgan fingerprint density at radius 2 is 2.11 bits per heavy atom. The van der Waals surface area contributed by atoms with Crippen LogP contribution in [0.3, 0.4) is 0 Å². The zero-order chi connectivity index (χ0) is 13.0. The van der Waals surface area contributed by atoms with Crippen LogP contribution < -0.4 is 10.2 Å². The third kappa shape index (κ3) is 2.64. The predicted octanol–water partition coefficient (Wildman–Crippen LogP) is 2.31. The summed E-state index contributed by atoms with van der Waals surface area (Å²) in [5.74, 6) is 0.885. The lowest BCUT2D eigenvalue weighted by Crippen LogP contribution is -2.28. The molecule has 1 aromatic heterocycles. The summed E-state index contributed by atoms with van der Waals surface area (Å²) >= 11 is 0. The molecule has 0 spiro atoms. The Kier molecular flexibility index (Phi) is 4.53. The second-order valence-corrected chi connectivity index (χ2v) is 4.75. The summed E-state index contributed by atoms with van der Waals surface area (Å²) in [4.78, 5) is 11.5. The molecule has 2 rings (SSSR count). The van der Waals surface area contributed by atoms with Gasteiger partial charge in [0.2, 0.25) is 5.95 Å². The zero-order valence-electron chi connectivity index (χ0n) is 11.7. The van der Waals surface area contributed by atoms with Crippen LogP contribution in [0.1, 0.15) is 50.9 Å². The van der Waals surface area contributed by atoms with Crippen LogP contribution >= 0.6 is 0 Å². The highest BCUT2D eigenvalue weighted by molar-refractivity contribution is 5.35. The van der Waals surface area contributed by atoms with Crippen molar-refractivity contribution < 1.29 is 0 Å². The third-order valence-corrected chi connectivity index (χ3v) is 3.67. The quantitative estimate of drug-likeness (QED) is 0.868. The number of aryl methyl sites for hydroxylation is 1. The van der Waals surface area contributed by atoms with Gasteiger partial charge in [0.05, 0.1) is 5.69 Å². The fourth-order valence-corrected chi connectivity index (χ4v) is 2.65. The minimum atomic E-state index is 0.449. The molecular weight excluding hydrogens is 224 g/mol. The van der Waals surface area contributed by atoms with E-state index in [2.05, 4.69) is 36.0 Å². The molecule has 0 aromatic carbocycles. The molecule has 0 radical (unpaired) electrons. The number of hydrogen-bond donors (Lipinski definition) is 1. The van der Waals surface area contributed by atoms with Gasteiger partial charge in [0.1, 0.15) is 0 Å². The Hall–Kier alpha value is -1.16. The van der Waals surface area contributed by atoms with Crippen LogP contribution in [0, 0.1) is 0 Å². The lowest BCUT2D eigenvalue weighted by atomic mass is 9.92. The minimum Gasteiger partial charge on any atom is -0.341 e. The van der Waals surface area contributed by atoms with Crippen molar-refractivity contribution in [1.82, 2.24) is 15.3 Å². The first-order valence-electron chi connectivity index (χ1n) is 7.14. The summed E-state index contributed by atoms with van der Waals surface area (Å²) in [7, 11) is 0. The highest BCUT2D eigenvalue weighted by Gasteiger charge is 2.22. The van der Waals surface area contributed by atoms with E-state index in [-0.39, 0.29) is 0 Å². The van der Waals surface area contributed by atoms with E-state index in [1.54, 1.807) is 0 Å². The molecule has 0 saturated carbocycles. The van der Waals surface area contributed by atoms with Crippen LogP contribution in [0.25, 0.3) is 0 Å². The molecule has 1 aliphatic carbocycles. The summed E-state index contributed by atoms with van der Waals surface area (Å²) in [5, 5.41) is 3.52. The molecule has 0 saturated heterocycles. The van der Waals surface area contributed by atoms with E-state index in [0.29, 0.717) is 6.04 Å². The van der Waals surface area contributed by atoms with E-state index in [0.717, 1.165) is 32.0 Å². The Morgan fingerprint density at radius 1 is 1.33 bits per heavy atom. The summed E-state index contributed by atoms with van der Waals surface area (Å²) in [5.41, 5.74) is 2.54. The summed E-state index contributed by atoms with van der Waals surface area (Å²) in [6.45, 7) is 9.38. The van der Waals surface area contributed by atoms with Gasteiger partial charge in [0, 0.05) is 30.9 Å². The standard InChI is InChI=1S/C14H24N4/c1-4-15-12-8-7-9-13-11(12)10-16-14(17-13)18(5-2)6-3/h10,12,15H,4-9H2,1-3H3. The Bertz CT molecular complexity index is 387. The third-order valence-electron chi connectivity index (χ3n) is 3.67. The van der Waals surface area contributed by atoms with Crippen molar-refractivity contribution in [2.75, 3.05) is 24.5 Å². The largest absolute Gasteiger partial charge is 0.341 e. The molecule has 0 bridgehead atoms. The van der Waals surface area contributed by atoms with E-state index in [9.17, 15) is 0 Å². The van der Waals surface area contributed by atoms with Crippen molar-refractivity contribution >= 4 is 5.95 Å². The topological polar surface area (TPSA) is 41.1 Å². The summed E-state index contributed by atoms with van der Waals surface area (Å²) in [6, 6.07) is 0.449. The second kappa shape index (κ2) is 6.14. The summed E-state index contributed by atoms with van der Waals surface area (Å²) in [6.07, 6.45) is 5.55. The SMILES string of the molecule is CCNC1CCCc2nc(N(CC)CC)ncc21. The van der Waals surface area contributed by atoms with Crippen molar-refractivity contribution in [2.24, 2.45) is 0 Å². The maximum Gasteiger partial charge on any atom is 0.225 e. The molecule has 4 heteroatoms.